The second kappa shape index (κ2) is 8.23. The summed E-state index contributed by atoms with van der Waals surface area (Å²) in [5, 5.41) is 10.5. The van der Waals surface area contributed by atoms with Crippen molar-refractivity contribution in [3.05, 3.63) is 40.6 Å². The number of ether oxygens (including phenoxy) is 1. The van der Waals surface area contributed by atoms with Crippen molar-refractivity contribution in [2.24, 2.45) is 5.41 Å². The van der Waals surface area contributed by atoms with Crippen LogP contribution >= 0.6 is 11.3 Å². The molecular formula is C19H25N3O3S. The number of thiophene rings is 1. The van der Waals surface area contributed by atoms with Gasteiger partial charge in [0.1, 0.15) is 5.75 Å². The van der Waals surface area contributed by atoms with Crippen LogP contribution in [0.5, 0.6) is 5.75 Å². The number of amides is 3. The summed E-state index contributed by atoms with van der Waals surface area (Å²) in [7, 11) is 1.51. The predicted molar refractivity (Wildman–Crippen MR) is 106 cm³/mol. The van der Waals surface area contributed by atoms with Gasteiger partial charge in [0.25, 0.3) is 0 Å². The van der Waals surface area contributed by atoms with Crippen LogP contribution in [0, 0.1) is 5.41 Å². The molecule has 0 unspecified atom stereocenters. The van der Waals surface area contributed by atoms with Gasteiger partial charge < -0.3 is 20.7 Å². The van der Waals surface area contributed by atoms with E-state index in [2.05, 4.69) is 36.7 Å². The van der Waals surface area contributed by atoms with Gasteiger partial charge in [-0.05, 0) is 29.0 Å². The van der Waals surface area contributed by atoms with E-state index in [1.165, 1.54) is 14.0 Å². The smallest absolute Gasteiger partial charge is 0.319 e. The van der Waals surface area contributed by atoms with E-state index in [4.69, 9.17) is 4.74 Å². The number of carbonyl (C=O) groups is 2. The zero-order chi connectivity index (χ0) is 19.3. The fourth-order valence-electron chi connectivity index (χ4n) is 2.53. The van der Waals surface area contributed by atoms with Crippen LogP contribution in [-0.2, 0) is 4.79 Å². The topological polar surface area (TPSA) is 79.5 Å². The second-order valence-corrected chi connectivity index (χ2v) is 7.99. The number of methoxy groups -OCH3 is 1. The van der Waals surface area contributed by atoms with E-state index >= 15 is 0 Å². The molecule has 7 heteroatoms. The Hall–Kier alpha value is -2.54. The fourth-order valence-corrected chi connectivity index (χ4v) is 3.55. The molecule has 0 fully saturated rings. The molecule has 0 aliphatic heterocycles. The van der Waals surface area contributed by atoms with Crippen LogP contribution < -0.4 is 20.7 Å². The fraction of sp³-hybridized carbons (Fsp3) is 0.368. The summed E-state index contributed by atoms with van der Waals surface area (Å²) in [6.07, 6.45) is 0. The summed E-state index contributed by atoms with van der Waals surface area (Å²) >= 11 is 1.62. The summed E-state index contributed by atoms with van der Waals surface area (Å²) in [4.78, 5) is 24.8. The standard InChI is InChI=1S/C19H25N3O3S/c1-12(23)20-14-9-8-13(11-15(14)25-5)21-18(24)22-17(19(2,3)4)16-7-6-10-26-16/h6-11,17H,1-5H3,(H,20,23)(H2,21,22,24)/t17-/m1/s1. The average molecular weight is 375 g/mol. The molecule has 2 rings (SSSR count). The van der Waals surface area contributed by atoms with Crippen molar-refractivity contribution in [2.75, 3.05) is 17.7 Å². The summed E-state index contributed by atoms with van der Waals surface area (Å²) in [5.41, 5.74) is 0.999. The first kappa shape index (κ1) is 19.8. The van der Waals surface area contributed by atoms with Crippen molar-refractivity contribution >= 4 is 34.6 Å². The number of benzene rings is 1. The van der Waals surface area contributed by atoms with Crippen molar-refractivity contribution in [3.63, 3.8) is 0 Å². The number of hydrogen-bond donors (Lipinski definition) is 3. The van der Waals surface area contributed by atoms with Crippen molar-refractivity contribution < 1.29 is 14.3 Å². The molecule has 0 spiro atoms. The molecule has 2 aromatic rings. The predicted octanol–water partition coefficient (Wildman–Crippen LogP) is 4.62. The average Bonchev–Trinajstić information content (AvgIpc) is 3.06. The first-order valence-electron chi connectivity index (χ1n) is 8.27. The zero-order valence-electron chi connectivity index (χ0n) is 15.7. The van der Waals surface area contributed by atoms with E-state index < -0.39 is 0 Å². The molecular weight excluding hydrogens is 350 g/mol. The molecule has 1 heterocycles. The Kier molecular flexibility index (Phi) is 6.26. The zero-order valence-corrected chi connectivity index (χ0v) is 16.5. The van der Waals surface area contributed by atoms with Crippen LogP contribution in [0.15, 0.2) is 35.7 Å². The lowest BCUT2D eigenvalue weighted by Gasteiger charge is -2.30. The highest BCUT2D eigenvalue weighted by molar-refractivity contribution is 7.10. The molecule has 0 aliphatic rings. The lowest BCUT2D eigenvalue weighted by molar-refractivity contribution is -0.114. The first-order valence-corrected chi connectivity index (χ1v) is 9.15. The first-order chi connectivity index (χ1) is 12.2. The van der Waals surface area contributed by atoms with Crippen LogP contribution in [0.4, 0.5) is 16.2 Å². The number of urea groups is 1. The molecule has 3 amide bonds. The maximum atomic E-state index is 12.5. The second-order valence-electron chi connectivity index (χ2n) is 7.01. The number of rotatable bonds is 5. The molecule has 0 bridgehead atoms. The molecule has 1 aromatic heterocycles. The maximum Gasteiger partial charge on any atom is 0.319 e. The summed E-state index contributed by atoms with van der Waals surface area (Å²) in [6.45, 7) is 7.69. The highest BCUT2D eigenvalue weighted by Gasteiger charge is 2.28. The van der Waals surface area contributed by atoms with Crippen molar-refractivity contribution in [2.45, 2.75) is 33.7 Å². The molecule has 1 atom stereocenters. The van der Waals surface area contributed by atoms with Gasteiger partial charge in [-0.2, -0.15) is 0 Å². The lowest BCUT2D eigenvalue weighted by Crippen LogP contribution is -2.38. The lowest BCUT2D eigenvalue weighted by atomic mass is 9.86. The van der Waals surface area contributed by atoms with Gasteiger partial charge in [-0.25, -0.2) is 4.79 Å². The third-order valence-corrected chi connectivity index (χ3v) is 4.68. The van der Waals surface area contributed by atoms with Gasteiger partial charge in [0, 0.05) is 23.6 Å². The highest BCUT2D eigenvalue weighted by Crippen LogP contribution is 2.35. The van der Waals surface area contributed by atoms with Crippen molar-refractivity contribution in [3.8, 4) is 5.75 Å². The molecule has 0 saturated carbocycles. The van der Waals surface area contributed by atoms with Crippen molar-refractivity contribution in [1.29, 1.82) is 0 Å². The van der Waals surface area contributed by atoms with Gasteiger partial charge in [-0.3, -0.25) is 4.79 Å². The van der Waals surface area contributed by atoms with Gasteiger partial charge in [0.2, 0.25) is 5.91 Å². The van der Waals surface area contributed by atoms with E-state index in [1.54, 1.807) is 29.5 Å². The number of hydrogen-bond acceptors (Lipinski definition) is 4. The minimum Gasteiger partial charge on any atom is -0.494 e. The maximum absolute atomic E-state index is 12.5. The van der Waals surface area contributed by atoms with E-state index in [1.807, 2.05) is 17.5 Å². The normalized spacial score (nSPS) is 12.2. The van der Waals surface area contributed by atoms with Gasteiger partial charge >= 0.3 is 6.03 Å². The summed E-state index contributed by atoms with van der Waals surface area (Å²) in [5.74, 6) is 0.286. The number of carbonyl (C=O) groups excluding carboxylic acids is 2. The monoisotopic (exact) mass is 375 g/mol. The van der Waals surface area contributed by atoms with Crippen molar-refractivity contribution in [1.82, 2.24) is 5.32 Å². The van der Waals surface area contributed by atoms with E-state index in [-0.39, 0.29) is 23.4 Å². The molecule has 26 heavy (non-hydrogen) atoms. The SMILES string of the molecule is COc1cc(NC(=O)N[C@H](c2cccs2)C(C)(C)C)ccc1NC(C)=O. The minimum absolute atomic E-state index is 0.108. The molecule has 1 aromatic carbocycles. The molecule has 6 nitrogen and oxygen atoms in total. The largest absolute Gasteiger partial charge is 0.494 e. The van der Waals surface area contributed by atoms with Crippen LogP contribution in [0.1, 0.15) is 38.6 Å². The number of anilines is 2. The third-order valence-electron chi connectivity index (χ3n) is 3.74. The Balaban J connectivity index is 2.12. The summed E-state index contributed by atoms with van der Waals surface area (Å²) < 4.78 is 5.28. The molecule has 0 saturated heterocycles. The van der Waals surface area contributed by atoms with Gasteiger partial charge in [-0.1, -0.05) is 26.8 Å². The third kappa shape index (κ3) is 5.23. The Bertz CT molecular complexity index is 767. The van der Waals surface area contributed by atoms with Crippen LogP contribution in [0.25, 0.3) is 0 Å². The minimum atomic E-state index is -0.298. The van der Waals surface area contributed by atoms with E-state index in [0.29, 0.717) is 17.1 Å². The van der Waals surface area contributed by atoms with Gasteiger partial charge in [0.15, 0.2) is 0 Å². The molecule has 140 valence electrons. The summed E-state index contributed by atoms with van der Waals surface area (Å²) in [6, 6.07) is 8.66. The quantitative estimate of drug-likeness (QED) is 0.713. The van der Waals surface area contributed by atoms with E-state index in [9.17, 15) is 9.59 Å². The Morgan fingerprint density at radius 2 is 1.88 bits per heavy atom. The number of nitrogens with one attached hydrogen (secondary N) is 3. The Morgan fingerprint density at radius 3 is 2.42 bits per heavy atom. The van der Waals surface area contributed by atoms with Crippen LogP contribution in [-0.4, -0.2) is 19.0 Å². The van der Waals surface area contributed by atoms with E-state index in [0.717, 1.165) is 4.88 Å². The van der Waals surface area contributed by atoms with Crippen LogP contribution in [0.2, 0.25) is 0 Å². The highest BCUT2D eigenvalue weighted by atomic mass is 32.1. The molecule has 3 N–H and O–H groups in total. The Morgan fingerprint density at radius 1 is 1.15 bits per heavy atom. The van der Waals surface area contributed by atoms with Gasteiger partial charge in [0.05, 0.1) is 18.8 Å². The molecule has 0 aliphatic carbocycles. The van der Waals surface area contributed by atoms with Gasteiger partial charge in [-0.15, -0.1) is 11.3 Å². The van der Waals surface area contributed by atoms with Crippen LogP contribution in [0.3, 0.4) is 0 Å². The Labute approximate surface area is 157 Å². The molecule has 0 radical (unpaired) electrons.